The molecular formula is C14H18N2O. The van der Waals surface area contributed by atoms with Crippen LogP contribution in [0.2, 0.25) is 0 Å². The minimum atomic E-state index is -0.0146. The molecule has 0 saturated heterocycles. The van der Waals surface area contributed by atoms with E-state index in [9.17, 15) is 0 Å². The average molecular weight is 230 g/mol. The fourth-order valence-corrected chi connectivity index (χ4v) is 1.75. The number of nitrogens with zero attached hydrogens (tertiary/aromatic N) is 2. The van der Waals surface area contributed by atoms with Crippen molar-refractivity contribution in [2.75, 3.05) is 6.61 Å². The molecule has 1 atom stereocenters. The van der Waals surface area contributed by atoms with E-state index in [1.54, 1.807) is 0 Å². The van der Waals surface area contributed by atoms with Crippen molar-refractivity contribution in [2.24, 2.45) is 0 Å². The third kappa shape index (κ3) is 2.74. The summed E-state index contributed by atoms with van der Waals surface area (Å²) in [4.78, 5) is 0. The molecule has 17 heavy (non-hydrogen) atoms. The van der Waals surface area contributed by atoms with E-state index in [1.807, 2.05) is 30.9 Å². The molecule has 1 unspecified atom stereocenters. The lowest BCUT2D eigenvalue weighted by molar-refractivity contribution is 0.0160. The molecule has 0 bridgehead atoms. The molecule has 0 radical (unpaired) electrons. The number of aryl methyl sites for hydroxylation is 1. The summed E-state index contributed by atoms with van der Waals surface area (Å²) in [6, 6.07) is 8.45. The standard InChI is InChI=1S/C14H18N2O/c1-4-17-12(3)16-10-14(9-15-16)13-7-5-11(2)6-8-13/h5-10,12H,4H2,1-3H3. The molecule has 0 saturated carbocycles. The largest absolute Gasteiger partial charge is 0.357 e. The van der Waals surface area contributed by atoms with E-state index in [0.29, 0.717) is 6.61 Å². The molecule has 1 heterocycles. The van der Waals surface area contributed by atoms with Gasteiger partial charge in [0.25, 0.3) is 0 Å². The van der Waals surface area contributed by atoms with Crippen molar-refractivity contribution in [1.29, 1.82) is 0 Å². The lowest BCUT2D eigenvalue weighted by Crippen LogP contribution is -2.09. The molecular weight excluding hydrogens is 212 g/mol. The van der Waals surface area contributed by atoms with Crippen molar-refractivity contribution in [3.05, 3.63) is 42.2 Å². The molecule has 2 aromatic rings. The molecule has 0 aliphatic carbocycles. The van der Waals surface area contributed by atoms with Gasteiger partial charge in [0.2, 0.25) is 0 Å². The van der Waals surface area contributed by atoms with Crippen LogP contribution in [0.3, 0.4) is 0 Å². The number of aromatic nitrogens is 2. The first-order valence-corrected chi connectivity index (χ1v) is 5.93. The van der Waals surface area contributed by atoms with Gasteiger partial charge in [-0.3, -0.25) is 0 Å². The van der Waals surface area contributed by atoms with Crippen molar-refractivity contribution >= 4 is 0 Å². The normalized spacial score (nSPS) is 12.6. The summed E-state index contributed by atoms with van der Waals surface area (Å²) in [5.74, 6) is 0. The first kappa shape index (κ1) is 11.9. The lowest BCUT2D eigenvalue weighted by atomic mass is 10.1. The maximum Gasteiger partial charge on any atom is 0.147 e. The van der Waals surface area contributed by atoms with Gasteiger partial charge in [0.15, 0.2) is 0 Å². The number of rotatable bonds is 4. The first-order valence-electron chi connectivity index (χ1n) is 5.93. The highest BCUT2D eigenvalue weighted by Crippen LogP contribution is 2.20. The van der Waals surface area contributed by atoms with Gasteiger partial charge in [-0.15, -0.1) is 0 Å². The maximum absolute atomic E-state index is 5.50. The summed E-state index contributed by atoms with van der Waals surface area (Å²) in [5, 5.41) is 4.33. The van der Waals surface area contributed by atoms with Crippen molar-refractivity contribution in [2.45, 2.75) is 27.0 Å². The maximum atomic E-state index is 5.50. The van der Waals surface area contributed by atoms with Crippen LogP contribution in [0.15, 0.2) is 36.7 Å². The predicted molar refractivity (Wildman–Crippen MR) is 68.7 cm³/mol. The topological polar surface area (TPSA) is 27.1 Å². The minimum absolute atomic E-state index is 0.0146. The van der Waals surface area contributed by atoms with Crippen molar-refractivity contribution in [3.8, 4) is 11.1 Å². The molecule has 0 aliphatic heterocycles. The van der Waals surface area contributed by atoms with E-state index in [-0.39, 0.29) is 6.23 Å². The fraction of sp³-hybridized carbons (Fsp3) is 0.357. The zero-order valence-electron chi connectivity index (χ0n) is 10.6. The van der Waals surface area contributed by atoms with Gasteiger partial charge < -0.3 is 4.74 Å². The van der Waals surface area contributed by atoms with Gasteiger partial charge in [0, 0.05) is 18.4 Å². The Kier molecular flexibility index (Phi) is 3.59. The van der Waals surface area contributed by atoms with Gasteiger partial charge in [-0.1, -0.05) is 29.8 Å². The lowest BCUT2D eigenvalue weighted by Gasteiger charge is -2.11. The van der Waals surface area contributed by atoms with Crippen molar-refractivity contribution < 1.29 is 4.74 Å². The van der Waals surface area contributed by atoms with E-state index in [1.165, 1.54) is 11.1 Å². The highest BCUT2D eigenvalue weighted by molar-refractivity contribution is 5.61. The van der Waals surface area contributed by atoms with Crippen LogP contribution in [-0.4, -0.2) is 16.4 Å². The van der Waals surface area contributed by atoms with Crippen molar-refractivity contribution in [3.63, 3.8) is 0 Å². The molecule has 0 spiro atoms. The summed E-state index contributed by atoms with van der Waals surface area (Å²) in [6.45, 7) is 6.77. The number of ether oxygens (including phenoxy) is 1. The Morgan fingerprint density at radius 2 is 1.94 bits per heavy atom. The quantitative estimate of drug-likeness (QED) is 0.804. The SMILES string of the molecule is CCOC(C)n1cc(-c2ccc(C)cc2)cn1. The van der Waals surface area contributed by atoms with E-state index < -0.39 is 0 Å². The summed E-state index contributed by atoms with van der Waals surface area (Å²) in [7, 11) is 0. The Morgan fingerprint density at radius 1 is 1.24 bits per heavy atom. The van der Waals surface area contributed by atoms with Crippen LogP contribution in [0.25, 0.3) is 11.1 Å². The Labute approximate surface area is 102 Å². The number of benzene rings is 1. The van der Waals surface area contributed by atoms with Gasteiger partial charge >= 0.3 is 0 Å². The van der Waals surface area contributed by atoms with Crippen LogP contribution < -0.4 is 0 Å². The zero-order chi connectivity index (χ0) is 12.3. The second-order valence-corrected chi connectivity index (χ2v) is 4.13. The highest BCUT2D eigenvalue weighted by Gasteiger charge is 2.06. The number of hydrogen-bond acceptors (Lipinski definition) is 2. The van der Waals surface area contributed by atoms with Gasteiger partial charge in [-0.25, -0.2) is 4.68 Å². The Balaban J connectivity index is 2.20. The molecule has 0 amide bonds. The Morgan fingerprint density at radius 3 is 2.59 bits per heavy atom. The average Bonchev–Trinajstić information content (AvgIpc) is 2.80. The molecule has 0 fully saturated rings. The smallest absolute Gasteiger partial charge is 0.147 e. The molecule has 0 aliphatic rings. The van der Waals surface area contributed by atoms with Gasteiger partial charge in [0.1, 0.15) is 6.23 Å². The summed E-state index contributed by atoms with van der Waals surface area (Å²) in [5.41, 5.74) is 3.57. The Bertz CT molecular complexity index is 473. The van der Waals surface area contributed by atoms with Crippen LogP contribution >= 0.6 is 0 Å². The van der Waals surface area contributed by atoms with Crippen LogP contribution in [-0.2, 0) is 4.74 Å². The van der Waals surface area contributed by atoms with Crippen LogP contribution in [0.1, 0.15) is 25.6 Å². The van der Waals surface area contributed by atoms with Gasteiger partial charge in [-0.05, 0) is 26.3 Å². The molecule has 90 valence electrons. The second-order valence-electron chi connectivity index (χ2n) is 4.13. The van der Waals surface area contributed by atoms with Gasteiger partial charge in [0.05, 0.1) is 6.20 Å². The molecule has 1 aromatic carbocycles. The molecule has 1 aromatic heterocycles. The van der Waals surface area contributed by atoms with E-state index in [0.717, 1.165) is 5.56 Å². The third-order valence-electron chi connectivity index (χ3n) is 2.77. The van der Waals surface area contributed by atoms with Crippen LogP contribution in [0.5, 0.6) is 0 Å². The second kappa shape index (κ2) is 5.15. The summed E-state index contributed by atoms with van der Waals surface area (Å²) >= 11 is 0. The molecule has 0 N–H and O–H groups in total. The monoisotopic (exact) mass is 230 g/mol. The molecule has 3 heteroatoms. The summed E-state index contributed by atoms with van der Waals surface area (Å²) < 4.78 is 7.34. The predicted octanol–water partition coefficient (Wildman–Crippen LogP) is 3.41. The fourth-order valence-electron chi connectivity index (χ4n) is 1.75. The molecule has 2 rings (SSSR count). The van der Waals surface area contributed by atoms with Gasteiger partial charge in [-0.2, -0.15) is 5.10 Å². The van der Waals surface area contributed by atoms with E-state index >= 15 is 0 Å². The minimum Gasteiger partial charge on any atom is -0.357 e. The number of hydrogen-bond donors (Lipinski definition) is 0. The van der Waals surface area contributed by atoms with Crippen LogP contribution in [0, 0.1) is 6.92 Å². The zero-order valence-corrected chi connectivity index (χ0v) is 10.6. The highest BCUT2D eigenvalue weighted by atomic mass is 16.5. The summed E-state index contributed by atoms with van der Waals surface area (Å²) in [6.07, 6.45) is 3.88. The van der Waals surface area contributed by atoms with E-state index in [4.69, 9.17) is 4.74 Å². The Hall–Kier alpha value is -1.61. The van der Waals surface area contributed by atoms with Crippen molar-refractivity contribution in [1.82, 2.24) is 9.78 Å². The molecule has 3 nitrogen and oxygen atoms in total. The third-order valence-corrected chi connectivity index (χ3v) is 2.77. The first-order chi connectivity index (χ1) is 8.20. The van der Waals surface area contributed by atoms with E-state index in [2.05, 4.69) is 36.3 Å². The van der Waals surface area contributed by atoms with Crippen LogP contribution in [0.4, 0.5) is 0 Å².